The minimum absolute atomic E-state index is 0.00738. The van der Waals surface area contributed by atoms with Crippen LogP contribution in [0.2, 0.25) is 5.02 Å². The van der Waals surface area contributed by atoms with Crippen molar-refractivity contribution in [3.05, 3.63) is 63.1 Å². The van der Waals surface area contributed by atoms with Gasteiger partial charge in [-0.2, -0.15) is 0 Å². The summed E-state index contributed by atoms with van der Waals surface area (Å²) in [7, 11) is -3.59. The van der Waals surface area contributed by atoms with Gasteiger partial charge in [-0.25, -0.2) is 8.42 Å². The maximum atomic E-state index is 13.4. The molecule has 2 atom stereocenters. The fourth-order valence-electron chi connectivity index (χ4n) is 3.73. The van der Waals surface area contributed by atoms with E-state index >= 15 is 0 Å². The zero-order chi connectivity index (χ0) is 27.0. The third-order valence-corrected chi connectivity index (χ3v) is 8.15. The molecular weight excluding hydrogens is 566 g/mol. The molecular formula is C26H35BrClN3O4S. The van der Waals surface area contributed by atoms with Gasteiger partial charge in [-0.05, 0) is 69.0 Å². The number of carbonyl (C=O) groups excluding carboxylic acids is 2. The number of sulfonamides is 1. The maximum Gasteiger partial charge on any atom is 0.242 e. The summed E-state index contributed by atoms with van der Waals surface area (Å²) in [6.07, 6.45) is 2.28. The molecule has 0 aliphatic heterocycles. The number of amides is 2. The van der Waals surface area contributed by atoms with Crippen LogP contribution in [0.3, 0.4) is 0 Å². The van der Waals surface area contributed by atoms with Gasteiger partial charge in [-0.3, -0.25) is 13.9 Å². The molecule has 0 aliphatic rings. The Morgan fingerprint density at radius 2 is 1.81 bits per heavy atom. The summed E-state index contributed by atoms with van der Waals surface area (Å²) in [5, 5.41) is 3.42. The van der Waals surface area contributed by atoms with Gasteiger partial charge in [0.05, 0.1) is 11.9 Å². The lowest BCUT2D eigenvalue weighted by Crippen LogP contribution is -2.49. The van der Waals surface area contributed by atoms with Crippen molar-refractivity contribution in [2.45, 2.75) is 65.6 Å². The molecule has 7 nitrogen and oxygen atoms in total. The molecule has 0 aliphatic carbocycles. The van der Waals surface area contributed by atoms with Crippen LogP contribution in [-0.4, -0.2) is 50.0 Å². The van der Waals surface area contributed by atoms with Gasteiger partial charge >= 0.3 is 0 Å². The van der Waals surface area contributed by atoms with Crippen LogP contribution >= 0.6 is 27.5 Å². The number of anilines is 1. The predicted molar refractivity (Wildman–Crippen MR) is 150 cm³/mol. The van der Waals surface area contributed by atoms with Gasteiger partial charge in [0, 0.05) is 35.0 Å². The molecule has 2 amide bonds. The van der Waals surface area contributed by atoms with Gasteiger partial charge in [0.25, 0.3) is 0 Å². The van der Waals surface area contributed by atoms with Gasteiger partial charge in [0.1, 0.15) is 6.04 Å². The lowest BCUT2D eigenvalue weighted by atomic mass is 10.1. The van der Waals surface area contributed by atoms with E-state index in [2.05, 4.69) is 21.2 Å². The number of nitrogens with zero attached hydrogens (tertiary/aromatic N) is 2. The minimum atomic E-state index is -3.59. The molecule has 1 N–H and O–H groups in total. The lowest BCUT2D eigenvalue weighted by molar-refractivity contribution is -0.140. The SMILES string of the molecule is CC[C@H](C)NC(=O)[C@@H](C)N(Cc1cccc(Br)c1)C(=O)CCCN(c1cccc(Cl)c1C)S(C)(=O)=O. The third kappa shape index (κ3) is 8.49. The average Bonchev–Trinajstić information content (AvgIpc) is 2.81. The van der Waals surface area contributed by atoms with Crippen molar-refractivity contribution in [3.8, 4) is 0 Å². The zero-order valence-electron chi connectivity index (χ0n) is 21.4. The van der Waals surface area contributed by atoms with Crippen molar-refractivity contribution in [2.24, 2.45) is 0 Å². The second kappa shape index (κ2) is 13.4. The third-order valence-electron chi connectivity index (χ3n) is 6.07. The van der Waals surface area contributed by atoms with E-state index in [0.717, 1.165) is 22.7 Å². The Kier molecular flexibility index (Phi) is 11.3. The molecule has 0 bridgehead atoms. The van der Waals surface area contributed by atoms with Crippen LogP contribution in [0, 0.1) is 6.92 Å². The molecule has 36 heavy (non-hydrogen) atoms. The number of halogens is 2. The molecule has 198 valence electrons. The topological polar surface area (TPSA) is 86.8 Å². The molecule has 2 aromatic carbocycles. The highest BCUT2D eigenvalue weighted by atomic mass is 79.9. The number of benzene rings is 2. The summed E-state index contributed by atoms with van der Waals surface area (Å²) in [5.74, 6) is -0.446. The number of hydrogen-bond donors (Lipinski definition) is 1. The average molecular weight is 601 g/mol. The fraction of sp³-hybridized carbons (Fsp3) is 0.462. The van der Waals surface area contributed by atoms with Crippen molar-refractivity contribution in [1.82, 2.24) is 10.2 Å². The Morgan fingerprint density at radius 1 is 1.14 bits per heavy atom. The van der Waals surface area contributed by atoms with Crippen molar-refractivity contribution in [1.29, 1.82) is 0 Å². The molecule has 0 saturated carbocycles. The lowest BCUT2D eigenvalue weighted by Gasteiger charge is -2.30. The number of carbonyl (C=O) groups is 2. The molecule has 10 heteroatoms. The van der Waals surface area contributed by atoms with Crippen molar-refractivity contribution >= 4 is 55.1 Å². The van der Waals surface area contributed by atoms with Crippen LogP contribution in [-0.2, 0) is 26.2 Å². The van der Waals surface area contributed by atoms with Crippen molar-refractivity contribution in [3.63, 3.8) is 0 Å². The molecule has 2 rings (SSSR count). The second-order valence-electron chi connectivity index (χ2n) is 8.97. The summed E-state index contributed by atoms with van der Waals surface area (Å²) in [6, 6.07) is 12.0. The summed E-state index contributed by atoms with van der Waals surface area (Å²) in [6.45, 7) is 7.75. The highest BCUT2D eigenvalue weighted by Crippen LogP contribution is 2.28. The quantitative estimate of drug-likeness (QED) is 0.359. The van der Waals surface area contributed by atoms with E-state index in [4.69, 9.17) is 11.6 Å². The van der Waals surface area contributed by atoms with Crippen LogP contribution < -0.4 is 9.62 Å². The van der Waals surface area contributed by atoms with Gasteiger partial charge in [-0.15, -0.1) is 0 Å². The second-order valence-corrected chi connectivity index (χ2v) is 12.2. The largest absolute Gasteiger partial charge is 0.352 e. The van der Waals surface area contributed by atoms with Gasteiger partial charge in [0.2, 0.25) is 21.8 Å². The maximum absolute atomic E-state index is 13.4. The minimum Gasteiger partial charge on any atom is -0.352 e. The molecule has 0 spiro atoms. The Bertz CT molecular complexity index is 1180. The van der Waals surface area contributed by atoms with E-state index in [1.165, 1.54) is 4.31 Å². The normalized spacial score (nSPS) is 13.1. The van der Waals surface area contributed by atoms with Crippen molar-refractivity contribution in [2.75, 3.05) is 17.1 Å². The first kappa shape index (κ1) is 30.1. The number of rotatable bonds is 12. The summed E-state index contributed by atoms with van der Waals surface area (Å²) < 4.78 is 27.2. The Labute approximate surface area is 228 Å². The van der Waals surface area contributed by atoms with Gasteiger partial charge in [-0.1, -0.05) is 52.7 Å². The van der Waals surface area contributed by atoms with Crippen LogP contribution in [0.5, 0.6) is 0 Å². The summed E-state index contributed by atoms with van der Waals surface area (Å²) >= 11 is 9.66. The molecule has 0 unspecified atom stereocenters. The van der Waals surface area contributed by atoms with Crippen LogP contribution in [0.15, 0.2) is 46.9 Å². The molecule has 0 radical (unpaired) electrons. The highest BCUT2D eigenvalue weighted by Gasteiger charge is 2.27. The zero-order valence-corrected chi connectivity index (χ0v) is 24.6. The van der Waals surface area contributed by atoms with E-state index in [9.17, 15) is 18.0 Å². The van der Waals surface area contributed by atoms with E-state index in [1.54, 1.807) is 36.9 Å². The first-order chi connectivity index (χ1) is 16.8. The van der Waals surface area contributed by atoms with E-state index in [1.807, 2.05) is 38.1 Å². The number of nitrogens with one attached hydrogen (secondary N) is 1. The highest BCUT2D eigenvalue weighted by molar-refractivity contribution is 9.10. The Morgan fingerprint density at radius 3 is 2.42 bits per heavy atom. The monoisotopic (exact) mass is 599 g/mol. The van der Waals surface area contributed by atoms with Gasteiger partial charge in [0.15, 0.2) is 0 Å². The van der Waals surface area contributed by atoms with E-state index in [0.29, 0.717) is 16.3 Å². The smallest absolute Gasteiger partial charge is 0.242 e. The van der Waals surface area contributed by atoms with E-state index in [-0.39, 0.29) is 43.8 Å². The molecule has 0 saturated heterocycles. The Hall–Kier alpha value is -2.10. The molecule has 0 heterocycles. The Balaban J connectivity index is 2.21. The van der Waals surface area contributed by atoms with Gasteiger partial charge < -0.3 is 10.2 Å². The first-order valence-corrected chi connectivity index (χ1v) is 14.9. The standard InChI is InChI=1S/C26H35BrClN3O4S/c1-6-18(2)29-26(33)20(4)30(17-21-10-7-11-22(27)16-21)25(32)14-9-15-31(36(5,34)35)24-13-8-12-23(28)19(24)3/h7-8,10-13,16,18,20H,6,9,14-15,17H2,1-5H3,(H,29,33)/t18-,20+/m0/s1. The fourth-order valence-corrected chi connectivity index (χ4v) is 5.36. The summed E-state index contributed by atoms with van der Waals surface area (Å²) in [5.41, 5.74) is 2.03. The molecule has 2 aromatic rings. The first-order valence-electron chi connectivity index (χ1n) is 11.9. The predicted octanol–water partition coefficient (Wildman–Crippen LogP) is 5.29. The van der Waals surface area contributed by atoms with Crippen LogP contribution in [0.4, 0.5) is 5.69 Å². The van der Waals surface area contributed by atoms with Crippen molar-refractivity contribution < 1.29 is 18.0 Å². The van der Waals surface area contributed by atoms with E-state index < -0.39 is 16.1 Å². The number of hydrogen-bond acceptors (Lipinski definition) is 4. The molecule has 0 fully saturated rings. The molecule has 0 aromatic heterocycles. The summed E-state index contributed by atoms with van der Waals surface area (Å²) in [4.78, 5) is 27.8. The van der Waals surface area contributed by atoms with Crippen LogP contribution in [0.25, 0.3) is 0 Å². The van der Waals surface area contributed by atoms with Crippen LogP contribution in [0.1, 0.15) is 51.2 Å².